The quantitative estimate of drug-likeness (QED) is 0.758. The van der Waals surface area contributed by atoms with Gasteiger partial charge in [0.25, 0.3) is 11.1 Å². The number of ether oxygens (including phenoxy) is 1. The number of phenols is 1. The minimum Gasteiger partial charge on any atom is -0.504 e. The number of aromatic hydroxyl groups is 1. The van der Waals surface area contributed by atoms with Crippen LogP contribution >= 0.6 is 11.8 Å². The highest BCUT2D eigenvalue weighted by molar-refractivity contribution is 8.18. The molecule has 28 heavy (non-hydrogen) atoms. The summed E-state index contributed by atoms with van der Waals surface area (Å²) in [6.45, 7) is 4.62. The predicted octanol–water partition coefficient (Wildman–Crippen LogP) is 3.23. The molecule has 1 atom stereocenters. The van der Waals surface area contributed by atoms with Crippen LogP contribution in [0, 0.1) is 0 Å². The zero-order valence-electron chi connectivity index (χ0n) is 16.0. The van der Waals surface area contributed by atoms with Gasteiger partial charge in [0.1, 0.15) is 6.54 Å². The zero-order chi connectivity index (χ0) is 20.3. The Balaban J connectivity index is 1.73. The van der Waals surface area contributed by atoms with Crippen LogP contribution < -0.4 is 4.74 Å². The van der Waals surface area contributed by atoms with Crippen LogP contribution in [0.3, 0.4) is 0 Å². The lowest BCUT2D eigenvalue weighted by Gasteiger charge is -2.34. The van der Waals surface area contributed by atoms with Crippen molar-refractivity contribution in [2.75, 3.05) is 19.7 Å². The molecule has 2 heterocycles. The van der Waals surface area contributed by atoms with Crippen LogP contribution in [-0.4, -0.2) is 57.7 Å². The summed E-state index contributed by atoms with van der Waals surface area (Å²) in [5, 5.41) is 9.34. The number of carbonyl (C=O) groups is 3. The first-order valence-electron chi connectivity index (χ1n) is 9.41. The van der Waals surface area contributed by atoms with Gasteiger partial charge < -0.3 is 14.7 Å². The van der Waals surface area contributed by atoms with Crippen LogP contribution in [0.2, 0.25) is 0 Å². The van der Waals surface area contributed by atoms with Gasteiger partial charge in [0.15, 0.2) is 11.5 Å². The summed E-state index contributed by atoms with van der Waals surface area (Å²) in [5.74, 6) is -0.351. The number of imide groups is 1. The van der Waals surface area contributed by atoms with Crippen molar-refractivity contribution in [2.45, 2.75) is 39.2 Å². The molecule has 2 saturated heterocycles. The largest absolute Gasteiger partial charge is 0.504 e. The molecule has 3 rings (SSSR count). The van der Waals surface area contributed by atoms with Crippen molar-refractivity contribution in [1.29, 1.82) is 0 Å². The molecular weight excluding hydrogens is 380 g/mol. The standard InChI is InChI=1S/C20H24N2O5S/c1-3-27-16-10-14(7-8-15(16)23)11-17-19(25)22(20(26)28-17)12-18(24)21-9-5-4-6-13(21)2/h7-8,10-11,13,23H,3-6,9,12H2,1-2H3/b17-11-/t13-/m1/s1. The Morgan fingerprint density at radius 3 is 2.86 bits per heavy atom. The number of amides is 3. The van der Waals surface area contributed by atoms with Gasteiger partial charge in [-0.15, -0.1) is 0 Å². The maximum atomic E-state index is 12.7. The minimum absolute atomic E-state index is 0.00773. The van der Waals surface area contributed by atoms with Gasteiger partial charge >= 0.3 is 0 Å². The maximum Gasteiger partial charge on any atom is 0.294 e. The lowest BCUT2D eigenvalue weighted by atomic mass is 10.0. The van der Waals surface area contributed by atoms with Gasteiger partial charge in [0.2, 0.25) is 5.91 Å². The number of hydrogen-bond acceptors (Lipinski definition) is 6. The van der Waals surface area contributed by atoms with Gasteiger partial charge in [-0.25, -0.2) is 0 Å². The second kappa shape index (κ2) is 8.68. The van der Waals surface area contributed by atoms with E-state index in [1.165, 1.54) is 6.07 Å². The normalized spacial score (nSPS) is 21.5. The number of likely N-dealkylation sites (tertiary alicyclic amines) is 1. The Morgan fingerprint density at radius 2 is 2.14 bits per heavy atom. The van der Waals surface area contributed by atoms with Gasteiger partial charge in [-0.05, 0) is 68.6 Å². The van der Waals surface area contributed by atoms with E-state index in [0.29, 0.717) is 24.5 Å². The number of phenolic OH excluding ortho intramolecular Hbond substituents is 1. The van der Waals surface area contributed by atoms with Crippen LogP contribution in [0.4, 0.5) is 4.79 Å². The SMILES string of the molecule is CCOc1cc(/C=C2\SC(=O)N(CC(=O)N3CCCC[C@H]3C)C2=O)ccc1O. The van der Waals surface area contributed by atoms with Crippen molar-refractivity contribution >= 4 is 34.9 Å². The smallest absolute Gasteiger partial charge is 0.294 e. The summed E-state index contributed by atoms with van der Waals surface area (Å²) < 4.78 is 5.34. The van der Waals surface area contributed by atoms with Crippen LogP contribution in [-0.2, 0) is 9.59 Å². The Hall–Kier alpha value is -2.48. The second-order valence-electron chi connectivity index (χ2n) is 6.86. The van der Waals surface area contributed by atoms with Gasteiger partial charge in [0.05, 0.1) is 11.5 Å². The number of thioether (sulfide) groups is 1. The van der Waals surface area contributed by atoms with Crippen molar-refractivity contribution in [1.82, 2.24) is 9.80 Å². The topological polar surface area (TPSA) is 87.2 Å². The summed E-state index contributed by atoms with van der Waals surface area (Å²) in [7, 11) is 0. The molecule has 8 heteroatoms. The molecule has 0 unspecified atom stereocenters. The summed E-state index contributed by atoms with van der Waals surface area (Å²) in [6, 6.07) is 4.84. The molecule has 2 aliphatic heterocycles. The molecule has 7 nitrogen and oxygen atoms in total. The van der Waals surface area contributed by atoms with Crippen molar-refractivity contribution in [3.63, 3.8) is 0 Å². The first-order valence-corrected chi connectivity index (χ1v) is 10.2. The molecule has 1 aromatic rings. The third-order valence-electron chi connectivity index (χ3n) is 4.87. The highest BCUT2D eigenvalue weighted by Crippen LogP contribution is 2.34. The third-order valence-corrected chi connectivity index (χ3v) is 5.78. The van der Waals surface area contributed by atoms with Gasteiger partial charge in [-0.1, -0.05) is 6.07 Å². The van der Waals surface area contributed by atoms with E-state index in [1.54, 1.807) is 30.0 Å². The highest BCUT2D eigenvalue weighted by atomic mass is 32.2. The van der Waals surface area contributed by atoms with Gasteiger partial charge in [0, 0.05) is 12.6 Å². The van der Waals surface area contributed by atoms with Crippen molar-refractivity contribution < 1.29 is 24.2 Å². The number of carbonyl (C=O) groups excluding carboxylic acids is 3. The zero-order valence-corrected chi connectivity index (χ0v) is 16.8. The number of piperidine rings is 1. The Labute approximate surface area is 168 Å². The van der Waals surface area contributed by atoms with Crippen LogP contribution in [0.15, 0.2) is 23.1 Å². The molecule has 0 bridgehead atoms. The molecule has 1 aromatic carbocycles. The molecule has 2 aliphatic rings. The first-order chi connectivity index (χ1) is 13.4. The monoisotopic (exact) mass is 404 g/mol. The van der Waals surface area contributed by atoms with Crippen LogP contribution in [0.5, 0.6) is 11.5 Å². The first kappa shape index (κ1) is 20.3. The molecule has 2 fully saturated rings. The molecule has 0 saturated carbocycles. The predicted molar refractivity (Wildman–Crippen MR) is 107 cm³/mol. The molecule has 0 spiro atoms. The highest BCUT2D eigenvalue weighted by Gasteiger charge is 2.37. The fraction of sp³-hybridized carbons (Fsp3) is 0.450. The Morgan fingerprint density at radius 1 is 1.36 bits per heavy atom. The Kier molecular flexibility index (Phi) is 6.28. The third kappa shape index (κ3) is 4.32. The van der Waals surface area contributed by atoms with E-state index in [0.717, 1.165) is 35.9 Å². The van der Waals surface area contributed by atoms with E-state index >= 15 is 0 Å². The summed E-state index contributed by atoms with van der Waals surface area (Å²) in [5.41, 5.74) is 0.628. The number of rotatable bonds is 5. The maximum absolute atomic E-state index is 12.7. The number of benzene rings is 1. The summed E-state index contributed by atoms with van der Waals surface area (Å²) >= 11 is 0.814. The van der Waals surface area contributed by atoms with Crippen molar-refractivity contribution in [3.8, 4) is 11.5 Å². The van der Waals surface area contributed by atoms with E-state index in [4.69, 9.17) is 4.74 Å². The van der Waals surface area contributed by atoms with E-state index in [9.17, 15) is 19.5 Å². The van der Waals surface area contributed by atoms with Gasteiger partial charge in [-0.2, -0.15) is 0 Å². The molecule has 150 valence electrons. The van der Waals surface area contributed by atoms with Gasteiger partial charge in [-0.3, -0.25) is 19.3 Å². The summed E-state index contributed by atoms with van der Waals surface area (Å²) in [4.78, 5) is 40.6. The average Bonchev–Trinajstić information content (AvgIpc) is 2.92. The summed E-state index contributed by atoms with van der Waals surface area (Å²) in [6.07, 6.45) is 4.55. The molecule has 0 radical (unpaired) electrons. The molecule has 0 aliphatic carbocycles. The fourth-order valence-electron chi connectivity index (χ4n) is 3.37. The molecular formula is C20H24N2O5S. The van der Waals surface area contributed by atoms with E-state index in [-0.39, 0.29) is 29.1 Å². The average molecular weight is 404 g/mol. The van der Waals surface area contributed by atoms with Crippen LogP contribution in [0.25, 0.3) is 6.08 Å². The molecule has 0 aromatic heterocycles. The fourth-order valence-corrected chi connectivity index (χ4v) is 4.21. The van der Waals surface area contributed by atoms with E-state index in [1.807, 2.05) is 6.92 Å². The van der Waals surface area contributed by atoms with Crippen molar-refractivity contribution in [2.24, 2.45) is 0 Å². The number of hydrogen-bond donors (Lipinski definition) is 1. The lowest BCUT2D eigenvalue weighted by molar-refractivity contribution is -0.138. The van der Waals surface area contributed by atoms with E-state index < -0.39 is 11.1 Å². The number of nitrogens with zero attached hydrogens (tertiary/aromatic N) is 2. The molecule has 3 amide bonds. The van der Waals surface area contributed by atoms with Crippen molar-refractivity contribution in [3.05, 3.63) is 28.7 Å². The van der Waals surface area contributed by atoms with E-state index in [2.05, 4.69) is 0 Å². The lowest BCUT2D eigenvalue weighted by Crippen LogP contribution is -2.47. The molecule has 1 N–H and O–H groups in total. The second-order valence-corrected chi connectivity index (χ2v) is 7.85. The Bertz CT molecular complexity index is 823. The minimum atomic E-state index is -0.473. The van der Waals surface area contributed by atoms with Crippen LogP contribution in [0.1, 0.15) is 38.7 Å².